The third-order valence-electron chi connectivity index (χ3n) is 4.13. The first-order valence-electron chi connectivity index (χ1n) is 7.04. The van der Waals surface area contributed by atoms with E-state index in [-0.39, 0.29) is 0 Å². The second kappa shape index (κ2) is 4.80. The number of aryl methyl sites for hydroxylation is 1. The molecule has 0 unspecified atom stereocenters. The van der Waals surface area contributed by atoms with Crippen molar-refractivity contribution >= 4 is 11.5 Å². The maximum Gasteiger partial charge on any atom is 0.174 e. The maximum absolute atomic E-state index is 6.30. The minimum Gasteiger partial charge on any atom is -0.394 e. The SMILES string of the molecule is CN1CCCN(c2nn3c(c2N)CCCC3)CC1. The average Bonchev–Trinajstić information content (AvgIpc) is 2.57. The standard InChI is InChI=1S/C13H23N5/c1-16-6-4-7-17(10-9-16)13-12(14)11-5-2-3-8-18(11)15-13/h2-10,14H2,1H3. The van der Waals surface area contributed by atoms with Gasteiger partial charge in [-0.05, 0) is 39.3 Å². The molecule has 5 nitrogen and oxygen atoms in total. The van der Waals surface area contributed by atoms with E-state index in [9.17, 15) is 0 Å². The van der Waals surface area contributed by atoms with Gasteiger partial charge in [-0.15, -0.1) is 0 Å². The number of rotatable bonds is 1. The Morgan fingerprint density at radius 1 is 1.00 bits per heavy atom. The van der Waals surface area contributed by atoms with Crippen molar-refractivity contribution in [2.75, 3.05) is 43.9 Å². The molecule has 2 aliphatic rings. The summed E-state index contributed by atoms with van der Waals surface area (Å²) in [6.07, 6.45) is 4.76. The molecule has 0 aromatic carbocycles. The van der Waals surface area contributed by atoms with E-state index in [1.807, 2.05) is 0 Å². The molecule has 3 rings (SSSR count). The third-order valence-corrected chi connectivity index (χ3v) is 4.13. The number of hydrogen-bond donors (Lipinski definition) is 1. The number of hydrogen-bond acceptors (Lipinski definition) is 4. The van der Waals surface area contributed by atoms with Crippen LogP contribution in [0, 0.1) is 0 Å². The zero-order valence-corrected chi connectivity index (χ0v) is 11.2. The smallest absolute Gasteiger partial charge is 0.174 e. The fourth-order valence-electron chi connectivity index (χ4n) is 2.99. The monoisotopic (exact) mass is 249 g/mol. The third kappa shape index (κ3) is 2.07. The first kappa shape index (κ1) is 11.8. The molecule has 0 atom stereocenters. The molecule has 2 aliphatic heterocycles. The van der Waals surface area contributed by atoms with Crippen LogP contribution in [-0.2, 0) is 13.0 Å². The molecular formula is C13H23N5. The van der Waals surface area contributed by atoms with Crippen LogP contribution < -0.4 is 10.6 Å². The van der Waals surface area contributed by atoms with E-state index in [0.717, 1.165) is 44.1 Å². The number of anilines is 2. The Morgan fingerprint density at radius 3 is 2.72 bits per heavy atom. The van der Waals surface area contributed by atoms with Crippen LogP contribution in [0.15, 0.2) is 0 Å². The molecule has 3 heterocycles. The molecule has 1 aromatic rings. The lowest BCUT2D eigenvalue weighted by Crippen LogP contribution is -2.29. The summed E-state index contributed by atoms with van der Waals surface area (Å²) in [5.41, 5.74) is 8.49. The van der Waals surface area contributed by atoms with Gasteiger partial charge in [-0.2, -0.15) is 5.10 Å². The topological polar surface area (TPSA) is 50.3 Å². The van der Waals surface area contributed by atoms with E-state index in [1.165, 1.54) is 31.5 Å². The second-order valence-electron chi connectivity index (χ2n) is 5.51. The second-order valence-corrected chi connectivity index (χ2v) is 5.51. The van der Waals surface area contributed by atoms with Gasteiger partial charge in [0.05, 0.1) is 11.4 Å². The highest BCUT2D eigenvalue weighted by Gasteiger charge is 2.23. The fourth-order valence-corrected chi connectivity index (χ4v) is 2.99. The van der Waals surface area contributed by atoms with Gasteiger partial charge >= 0.3 is 0 Å². The van der Waals surface area contributed by atoms with Crippen LogP contribution in [0.4, 0.5) is 11.5 Å². The molecule has 5 heteroatoms. The number of aromatic nitrogens is 2. The van der Waals surface area contributed by atoms with E-state index in [1.54, 1.807) is 0 Å². The Balaban J connectivity index is 1.85. The zero-order chi connectivity index (χ0) is 12.5. The van der Waals surface area contributed by atoms with Crippen molar-refractivity contribution in [1.82, 2.24) is 14.7 Å². The fraction of sp³-hybridized carbons (Fsp3) is 0.769. The van der Waals surface area contributed by atoms with Crippen LogP contribution in [0.2, 0.25) is 0 Å². The Kier molecular flexibility index (Phi) is 3.16. The molecule has 1 fully saturated rings. The Labute approximate surface area is 109 Å². The molecule has 2 N–H and O–H groups in total. The molecule has 18 heavy (non-hydrogen) atoms. The lowest BCUT2D eigenvalue weighted by atomic mass is 10.1. The van der Waals surface area contributed by atoms with Gasteiger partial charge in [0, 0.05) is 26.2 Å². The van der Waals surface area contributed by atoms with Crippen LogP contribution >= 0.6 is 0 Å². The van der Waals surface area contributed by atoms with Crippen LogP contribution in [0.25, 0.3) is 0 Å². The van der Waals surface area contributed by atoms with E-state index in [0.29, 0.717) is 0 Å². The summed E-state index contributed by atoms with van der Waals surface area (Å²) < 4.78 is 2.13. The van der Waals surface area contributed by atoms with Gasteiger partial charge < -0.3 is 15.5 Å². The summed E-state index contributed by atoms with van der Waals surface area (Å²) in [4.78, 5) is 4.75. The van der Waals surface area contributed by atoms with Gasteiger partial charge in [-0.25, -0.2) is 0 Å². The lowest BCUT2D eigenvalue weighted by Gasteiger charge is -2.20. The van der Waals surface area contributed by atoms with Gasteiger partial charge in [-0.1, -0.05) is 0 Å². The summed E-state index contributed by atoms with van der Waals surface area (Å²) >= 11 is 0. The largest absolute Gasteiger partial charge is 0.394 e. The minimum absolute atomic E-state index is 0.930. The molecule has 100 valence electrons. The Bertz CT molecular complexity index is 425. The summed E-state index contributed by atoms with van der Waals surface area (Å²) in [6.45, 7) is 5.42. The normalized spacial score (nSPS) is 21.7. The van der Waals surface area contributed by atoms with Gasteiger partial charge in [0.15, 0.2) is 5.82 Å². The summed E-state index contributed by atoms with van der Waals surface area (Å²) in [7, 11) is 2.19. The molecule has 1 saturated heterocycles. The first-order valence-corrected chi connectivity index (χ1v) is 7.04. The van der Waals surface area contributed by atoms with Crippen LogP contribution in [0.5, 0.6) is 0 Å². The minimum atomic E-state index is 0.930. The highest BCUT2D eigenvalue weighted by atomic mass is 15.4. The van der Waals surface area contributed by atoms with Crippen molar-refractivity contribution in [1.29, 1.82) is 0 Å². The predicted octanol–water partition coefficient (Wildman–Crippen LogP) is 0.943. The number of fused-ring (bicyclic) bond motifs is 1. The molecule has 0 radical (unpaired) electrons. The average molecular weight is 249 g/mol. The Morgan fingerprint density at radius 2 is 1.89 bits per heavy atom. The number of nitrogens with zero attached hydrogens (tertiary/aromatic N) is 4. The number of nitrogens with two attached hydrogens (primary N) is 1. The highest BCUT2D eigenvalue weighted by Crippen LogP contribution is 2.30. The molecule has 0 aliphatic carbocycles. The van der Waals surface area contributed by atoms with E-state index in [4.69, 9.17) is 10.8 Å². The molecule has 0 saturated carbocycles. The number of likely N-dealkylation sites (N-methyl/N-ethyl adjacent to an activating group) is 1. The van der Waals surface area contributed by atoms with Crippen LogP contribution in [-0.4, -0.2) is 47.9 Å². The van der Waals surface area contributed by atoms with Crippen molar-refractivity contribution in [3.05, 3.63) is 5.69 Å². The van der Waals surface area contributed by atoms with Gasteiger partial charge in [0.1, 0.15) is 0 Å². The van der Waals surface area contributed by atoms with Gasteiger partial charge in [0.25, 0.3) is 0 Å². The Hall–Kier alpha value is -1.23. The highest BCUT2D eigenvalue weighted by molar-refractivity contribution is 5.66. The maximum atomic E-state index is 6.30. The number of nitrogen functional groups attached to an aromatic ring is 1. The van der Waals surface area contributed by atoms with Crippen LogP contribution in [0.1, 0.15) is 25.0 Å². The van der Waals surface area contributed by atoms with Crippen molar-refractivity contribution in [3.8, 4) is 0 Å². The van der Waals surface area contributed by atoms with Crippen molar-refractivity contribution in [3.63, 3.8) is 0 Å². The van der Waals surface area contributed by atoms with Crippen molar-refractivity contribution < 1.29 is 0 Å². The molecule has 0 bridgehead atoms. The zero-order valence-electron chi connectivity index (χ0n) is 11.2. The molecule has 0 spiro atoms. The quantitative estimate of drug-likeness (QED) is 0.805. The lowest BCUT2D eigenvalue weighted by molar-refractivity contribution is 0.360. The summed E-state index contributed by atoms with van der Waals surface area (Å²) in [6, 6.07) is 0. The van der Waals surface area contributed by atoms with E-state index < -0.39 is 0 Å². The van der Waals surface area contributed by atoms with Gasteiger partial charge in [0.2, 0.25) is 0 Å². The van der Waals surface area contributed by atoms with E-state index >= 15 is 0 Å². The molecule has 1 aromatic heterocycles. The van der Waals surface area contributed by atoms with Crippen molar-refractivity contribution in [2.45, 2.75) is 32.2 Å². The summed E-state index contributed by atoms with van der Waals surface area (Å²) in [5.74, 6) is 1.03. The van der Waals surface area contributed by atoms with E-state index in [2.05, 4.69) is 21.5 Å². The molecule has 0 amide bonds. The molecular weight excluding hydrogens is 226 g/mol. The van der Waals surface area contributed by atoms with Crippen molar-refractivity contribution in [2.24, 2.45) is 0 Å². The van der Waals surface area contributed by atoms with Gasteiger partial charge in [-0.3, -0.25) is 4.68 Å². The summed E-state index contributed by atoms with van der Waals surface area (Å²) in [5, 5.41) is 4.74. The van der Waals surface area contributed by atoms with Crippen LogP contribution in [0.3, 0.4) is 0 Å². The first-order chi connectivity index (χ1) is 8.75. The predicted molar refractivity (Wildman–Crippen MR) is 73.9 cm³/mol.